The molecule has 164 valence electrons. The summed E-state index contributed by atoms with van der Waals surface area (Å²) >= 11 is 0. The fraction of sp³-hybridized carbons (Fsp3) is 0.571. The molecule has 0 bridgehead atoms. The molecule has 1 heterocycles. The monoisotopic (exact) mass is 420 g/mol. The highest BCUT2D eigenvalue weighted by molar-refractivity contribution is 5.78. The van der Waals surface area contributed by atoms with Crippen LogP contribution < -0.4 is 15.4 Å². The van der Waals surface area contributed by atoms with Gasteiger partial charge in [0.1, 0.15) is 16.9 Å². The second kappa shape index (κ2) is 9.09. The van der Waals surface area contributed by atoms with E-state index in [1.165, 1.54) is 19.4 Å². The number of benzene rings is 1. The van der Waals surface area contributed by atoms with Crippen LogP contribution in [-0.4, -0.2) is 52.1 Å². The van der Waals surface area contributed by atoms with Gasteiger partial charge in [0.05, 0.1) is 24.9 Å². The quantitative estimate of drug-likeness (QED) is 0.683. The summed E-state index contributed by atoms with van der Waals surface area (Å²) in [4.78, 5) is 20.5. The number of nitrogens with one attached hydrogen (secondary N) is 2. The van der Waals surface area contributed by atoms with Crippen molar-refractivity contribution in [2.45, 2.75) is 70.4 Å². The van der Waals surface area contributed by atoms with Crippen molar-refractivity contribution in [2.24, 2.45) is 0 Å². The Morgan fingerprint density at radius 1 is 1.33 bits per heavy atom. The highest BCUT2D eigenvalue weighted by Crippen LogP contribution is 2.24. The molecule has 1 aliphatic carbocycles. The van der Waals surface area contributed by atoms with Crippen LogP contribution in [0, 0.1) is 5.82 Å². The summed E-state index contributed by atoms with van der Waals surface area (Å²) in [5.74, 6) is -0.0876. The number of ether oxygens (including phenoxy) is 2. The molecule has 0 spiro atoms. The van der Waals surface area contributed by atoms with Gasteiger partial charge in [-0.25, -0.2) is 19.2 Å². The normalized spacial score (nSPS) is 22.0. The van der Waals surface area contributed by atoms with Crippen LogP contribution in [0.2, 0.25) is 0 Å². The largest absolute Gasteiger partial charge is 0.480 e. The molecule has 3 N–H and O–H groups in total. The van der Waals surface area contributed by atoms with Gasteiger partial charge in [0, 0.05) is 24.2 Å². The lowest BCUT2D eigenvalue weighted by Gasteiger charge is -2.34. The van der Waals surface area contributed by atoms with Crippen LogP contribution in [-0.2, 0) is 11.3 Å². The van der Waals surface area contributed by atoms with Gasteiger partial charge < -0.3 is 25.2 Å². The summed E-state index contributed by atoms with van der Waals surface area (Å²) in [6.45, 7) is 5.59. The number of hydrogen-bond donors (Lipinski definition) is 3. The summed E-state index contributed by atoms with van der Waals surface area (Å²) in [6, 6.07) is 2.54. The van der Waals surface area contributed by atoms with E-state index in [0.29, 0.717) is 41.7 Å². The topological polar surface area (TPSA) is 106 Å². The van der Waals surface area contributed by atoms with Crippen molar-refractivity contribution >= 4 is 17.1 Å². The lowest BCUT2D eigenvalue weighted by molar-refractivity contribution is 0.0402. The van der Waals surface area contributed by atoms with E-state index in [-0.39, 0.29) is 18.6 Å². The van der Waals surface area contributed by atoms with Crippen molar-refractivity contribution < 1.29 is 23.8 Å². The van der Waals surface area contributed by atoms with E-state index >= 15 is 0 Å². The molecule has 1 aromatic heterocycles. The van der Waals surface area contributed by atoms with Gasteiger partial charge in [-0.3, -0.25) is 0 Å². The van der Waals surface area contributed by atoms with Gasteiger partial charge in [0.15, 0.2) is 0 Å². The highest BCUT2D eigenvalue weighted by atomic mass is 19.1. The number of halogens is 1. The zero-order valence-corrected chi connectivity index (χ0v) is 17.7. The number of alkyl carbamates (subject to hydrolysis) is 1. The molecule has 0 unspecified atom stereocenters. The SMILES string of the molecule is COc1cnc2ccc(F)c(CN[C@@H]3CC[C@@H](NC(=O)OC(C)(C)C)C[C@@H]3O)c2n1. The summed E-state index contributed by atoms with van der Waals surface area (Å²) in [5.41, 5.74) is 0.798. The van der Waals surface area contributed by atoms with Crippen LogP contribution in [0.1, 0.15) is 45.6 Å². The number of aliphatic hydroxyl groups is 1. The Morgan fingerprint density at radius 2 is 2.10 bits per heavy atom. The Labute approximate surface area is 175 Å². The third-order valence-corrected chi connectivity index (χ3v) is 5.03. The molecule has 1 aliphatic rings. The van der Waals surface area contributed by atoms with Crippen LogP contribution in [0.25, 0.3) is 11.0 Å². The van der Waals surface area contributed by atoms with Gasteiger partial charge in [0.2, 0.25) is 5.88 Å². The zero-order valence-electron chi connectivity index (χ0n) is 17.7. The third kappa shape index (κ3) is 5.54. The molecule has 0 aliphatic heterocycles. The van der Waals surface area contributed by atoms with E-state index in [9.17, 15) is 14.3 Å². The number of methoxy groups -OCH3 is 1. The fourth-order valence-electron chi connectivity index (χ4n) is 3.58. The van der Waals surface area contributed by atoms with Crippen molar-refractivity contribution in [1.29, 1.82) is 0 Å². The van der Waals surface area contributed by atoms with Gasteiger partial charge in [-0.15, -0.1) is 0 Å². The Morgan fingerprint density at radius 3 is 2.77 bits per heavy atom. The number of hydrogen-bond acceptors (Lipinski definition) is 7. The van der Waals surface area contributed by atoms with E-state index < -0.39 is 23.6 Å². The number of aliphatic hydroxyl groups excluding tert-OH is 1. The van der Waals surface area contributed by atoms with Crippen molar-refractivity contribution in [3.8, 4) is 5.88 Å². The predicted molar refractivity (Wildman–Crippen MR) is 110 cm³/mol. The van der Waals surface area contributed by atoms with Crippen molar-refractivity contribution in [1.82, 2.24) is 20.6 Å². The highest BCUT2D eigenvalue weighted by Gasteiger charge is 2.31. The van der Waals surface area contributed by atoms with E-state index in [1.54, 1.807) is 26.8 Å². The summed E-state index contributed by atoms with van der Waals surface area (Å²) in [6.07, 6.45) is 2.01. The first-order valence-corrected chi connectivity index (χ1v) is 10.1. The molecule has 0 radical (unpaired) electrons. The second-order valence-electron chi connectivity index (χ2n) is 8.52. The minimum absolute atomic E-state index is 0.169. The second-order valence-corrected chi connectivity index (χ2v) is 8.52. The Bertz CT molecular complexity index is 902. The number of rotatable bonds is 5. The minimum Gasteiger partial charge on any atom is -0.480 e. The first kappa shape index (κ1) is 22.2. The number of carbonyl (C=O) groups is 1. The Kier molecular flexibility index (Phi) is 6.72. The molecule has 3 atom stereocenters. The van der Waals surface area contributed by atoms with Gasteiger partial charge in [-0.2, -0.15) is 0 Å². The van der Waals surface area contributed by atoms with E-state index in [0.717, 1.165) is 0 Å². The molecule has 1 fully saturated rings. The van der Waals surface area contributed by atoms with Gasteiger partial charge in [0.25, 0.3) is 0 Å². The minimum atomic E-state index is -0.683. The fourth-order valence-corrected chi connectivity index (χ4v) is 3.58. The average molecular weight is 420 g/mol. The van der Waals surface area contributed by atoms with Crippen LogP contribution in [0.5, 0.6) is 5.88 Å². The van der Waals surface area contributed by atoms with Crippen molar-refractivity contribution in [3.05, 3.63) is 29.7 Å². The van der Waals surface area contributed by atoms with Crippen LogP contribution in [0.4, 0.5) is 9.18 Å². The molecule has 1 aromatic carbocycles. The van der Waals surface area contributed by atoms with Crippen LogP contribution in [0.15, 0.2) is 18.3 Å². The lowest BCUT2D eigenvalue weighted by atomic mass is 9.88. The molecule has 30 heavy (non-hydrogen) atoms. The molecule has 1 amide bonds. The number of amides is 1. The zero-order chi connectivity index (χ0) is 21.9. The maximum Gasteiger partial charge on any atom is 0.407 e. The molecule has 1 saturated carbocycles. The molecule has 2 aromatic rings. The smallest absolute Gasteiger partial charge is 0.407 e. The molecule has 9 heteroatoms. The first-order valence-electron chi connectivity index (χ1n) is 10.1. The van der Waals surface area contributed by atoms with Crippen molar-refractivity contribution in [2.75, 3.05) is 7.11 Å². The molecular weight excluding hydrogens is 391 g/mol. The van der Waals surface area contributed by atoms with Crippen molar-refractivity contribution in [3.63, 3.8) is 0 Å². The average Bonchev–Trinajstić information content (AvgIpc) is 2.66. The number of carbonyl (C=O) groups excluding carboxylic acids is 1. The molecular formula is C21H29FN4O4. The number of aromatic nitrogens is 2. The Hall–Kier alpha value is -2.52. The summed E-state index contributed by atoms with van der Waals surface area (Å²) in [7, 11) is 1.48. The molecule has 8 nitrogen and oxygen atoms in total. The lowest BCUT2D eigenvalue weighted by Crippen LogP contribution is -2.50. The van der Waals surface area contributed by atoms with E-state index in [4.69, 9.17) is 9.47 Å². The molecule has 0 saturated heterocycles. The first-order chi connectivity index (χ1) is 14.2. The maximum absolute atomic E-state index is 14.5. The standard InChI is InChI=1S/C21H29FN4O4/c1-21(2,3)30-20(28)25-12-5-7-15(17(27)9-12)23-10-13-14(22)6-8-16-19(13)26-18(29-4)11-24-16/h6,8,11-12,15,17,23,27H,5,7,9-10H2,1-4H3,(H,25,28)/t12-,15-,17+/m1/s1. The van der Waals surface area contributed by atoms with Gasteiger partial charge in [-0.1, -0.05) is 0 Å². The Balaban J connectivity index is 1.61. The summed E-state index contributed by atoms with van der Waals surface area (Å²) < 4.78 is 24.8. The molecule has 3 rings (SSSR count). The van der Waals surface area contributed by atoms with Crippen LogP contribution in [0.3, 0.4) is 0 Å². The van der Waals surface area contributed by atoms with Gasteiger partial charge >= 0.3 is 6.09 Å². The van der Waals surface area contributed by atoms with Crippen LogP contribution >= 0.6 is 0 Å². The van der Waals surface area contributed by atoms with E-state index in [1.807, 2.05) is 0 Å². The third-order valence-electron chi connectivity index (χ3n) is 5.03. The number of nitrogens with zero attached hydrogens (tertiary/aromatic N) is 2. The maximum atomic E-state index is 14.5. The van der Waals surface area contributed by atoms with Gasteiger partial charge in [-0.05, 0) is 52.2 Å². The number of fused-ring (bicyclic) bond motifs is 1. The summed E-state index contributed by atoms with van der Waals surface area (Å²) in [5, 5.41) is 16.6. The van der Waals surface area contributed by atoms with E-state index in [2.05, 4.69) is 20.6 Å². The predicted octanol–water partition coefficient (Wildman–Crippen LogP) is 2.67.